The summed E-state index contributed by atoms with van der Waals surface area (Å²) in [5.41, 5.74) is 0.0354. The summed E-state index contributed by atoms with van der Waals surface area (Å²) in [5, 5.41) is 11.5. The predicted octanol–water partition coefficient (Wildman–Crippen LogP) is 6.32. The predicted molar refractivity (Wildman–Crippen MR) is 137 cm³/mol. The molecule has 1 aliphatic heterocycles. The summed E-state index contributed by atoms with van der Waals surface area (Å²) in [4.78, 5) is 21.0. The lowest BCUT2D eigenvalue weighted by Gasteiger charge is -2.31. The minimum atomic E-state index is -4.77. The molecule has 1 saturated heterocycles. The quantitative estimate of drug-likeness (QED) is 0.235. The van der Waals surface area contributed by atoms with Gasteiger partial charge in [0.05, 0.1) is 4.90 Å². The summed E-state index contributed by atoms with van der Waals surface area (Å²) >= 11 is 1.21. The summed E-state index contributed by atoms with van der Waals surface area (Å²) < 4.78 is 44.6. The molecule has 3 N–H and O–H groups in total. The van der Waals surface area contributed by atoms with Gasteiger partial charge in [-0.1, -0.05) is 38.8 Å². The van der Waals surface area contributed by atoms with E-state index in [1.54, 1.807) is 19.1 Å². The van der Waals surface area contributed by atoms with Gasteiger partial charge in [-0.25, -0.2) is 9.29 Å². The van der Waals surface area contributed by atoms with Gasteiger partial charge in [0.25, 0.3) is 5.56 Å². The van der Waals surface area contributed by atoms with E-state index in [2.05, 4.69) is 28.9 Å². The number of alkyl halides is 3. The number of unbranched alkanes of at least 4 members (excludes halogenated alkanes) is 1. The van der Waals surface area contributed by atoms with Gasteiger partial charge < -0.3 is 20.4 Å². The van der Waals surface area contributed by atoms with Crippen LogP contribution in [0.3, 0.4) is 0 Å². The Morgan fingerprint density at radius 1 is 1.36 bits per heavy atom. The number of nitrogens with zero attached hydrogens (tertiary/aromatic N) is 2. The van der Waals surface area contributed by atoms with Gasteiger partial charge in [-0.15, -0.1) is 13.2 Å². The first-order valence-corrected chi connectivity index (χ1v) is 13.1. The first kappa shape index (κ1) is 28.0. The van der Waals surface area contributed by atoms with E-state index < -0.39 is 6.36 Å². The molecule has 2 heterocycles. The van der Waals surface area contributed by atoms with Gasteiger partial charge in [-0.3, -0.25) is 4.79 Å². The van der Waals surface area contributed by atoms with Crippen molar-refractivity contribution in [3.8, 4) is 5.75 Å². The molecule has 198 valence electrons. The fraction of sp³-hybridized carbons (Fsp3) is 0.560. The molecule has 0 bridgehead atoms. The highest BCUT2D eigenvalue weighted by molar-refractivity contribution is 7.97. The molecule has 36 heavy (non-hydrogen) atoms. The zero-order chi connectivity index (χ0) is 26.3. The van der Waals surface area contributed by atoms with Crippen molar-refractivity contribution in [2.24, 2.45) is 0 Å². The summed E-state index contributed by atoms with van der Waals surface area (Å²) in [6.07, 6.45) is 0.746. The number of rotatable bonds is 11. The number of hydrogen-bond acceptors (Lipinski definition) is 7. The Labute approximate surface area is 213 Å². The number of halogens is 3. The molecule has 2 atom stereocenters. The van der Waals surface area contributed by atoms with Crippen LogP contribution in [0.15, 0.2) is 34.0 Å². The van der Waals surface area contributed by atoms with Crippen LogP contribution in [0, 0.1) is 5.41 Å². The van der Waals surface area contributed by atoms with Crippen LogP contribution in [0.2, 0.25) is 0 Å². The van der Waals surface area contributed by atoms with Crippen molar-refractivity contribution in [2.75, 3.05) is 18.4 Å². The normalized spacial score (nSPS) is 17.6. The first-order chi connectivity index (χ1) is 17.1. The second-order valence-corrected chi connectivity index (χ2v) is 10.1. The number of H-pyrrole nitrogens is 1. The highest BCUT2D eigenvalue weighted by Gasteiger charge is 2.33. The van der Waals surface area contributed by atoms with Gasteiger partial charge in [0.2, 0.25) is 0 Å². The van der Waals surface area contributed by atoms with E-state index in [1.807, 2.05) is 4.31 Å². The van der Waals surface area contributed by atoms with Crippen molar-refractivity contribution in [3.05, 3.63) is 46.0 Å². The maximum Gasteiger partial charge on any atom is 0.573 e. The Balaban J connectivity index is 1.82. The van der Waals surface area contributed by atoms with E-state index in [0.717, 1.165) is 38.5 Å². The zero-order valence-electron chi connectivity index (χ0n) is 20.9. The summed E-state index contributed by atoms with van der Waals surface area (Å²) in [6, 6.07) is 6.22. The highest BCUT2D eigenvalue weighted by Crippen LogP contribution is 2.38. The molecule has 0 spiro atoms. The van der Waals surface area contributed by atoms with E-state index in [-0.39, 0.29) is 34.5 Å². The molecule has 7 nitrogen and oxygen atoms in total. The van der Waals surface area contributed by atoms with Gasteiger partial charge in [0.1, 0.15) is 23.0 Å². The molecule has 0 amide bonds. The number of ether oxygens (including phenoxy) is 1. The van der Waals surface area contributed by atoms with Gasteiger partial charge in [-0.2, -0.15) is 0 Å². The molecule has 1 aliphatic rings. The summed E-state index contributed by atoms with van der Waals surface area (Å²) in [5.74, 6) is 0.616. The fourth-order valence-corrected chi connectivity index (χ4v) is 5.37. The highest BCUT2D eigenvalue weighted by atomic mass is 32.2. The minimum absolute atomic E-state index is 0.106. The summed E-state index contributed by atoms with van der Waals surface area (Å²) in [7, 11) is 0. The number of benzene rings is 1. The number of hydrogen-bond donors (Lipinski definition) is 3. The van der Waals surface area contributed by atoms with Crippen LogP contribution >= 0.6 is 11.9 Å². The van der Waals surface area contributed by atoms with Crippen molar-refractivity contribution in [1.29, 1.82) is 5.41 Å². The van der Waals surface area contributed by atoms with E-state index in [4.69, 9.17) is 10.4 Å². The van der Waals surface area contributed by atoms with E-state index in [9.17, 15) is 18.0 Å². The van der Waals surface area contributed by atoms with Crippen LogP contribution in [0.5, 0.6) is 5.75 Å². The number of piperidine rings is 1. The lowest BCUT2D eigenvalue weighted by molar-refractivity contribution is -0.275. The second-order valence-electron chi connectivity index (χ2n) is 9.00. The molecule has 2 unspecified atom stereocenters. The molecule has 11 heteroatoms. The average Bonchev–Trinajstić information content (AvgIpc) is 2.81. The van der Waals surface area contributed by atoms with Gasteiger partial charge in [-0.05, 0) is 56.7 Å². The Kier molecular flexibility index (Phi) is 9.84. The smallest absolute Gasteiger partial charge is 0.405 e. The molecule has 1 fully saturated rings. The third kappa shape index (κ3) is 7.73. The first-order valence-electron chi connectivity index (χ1n) is 12.3. The number of aromatic nitrogens is 2. The van der Waals surface area contributed by atoms with E-state index in [1.165, 1.54) is 24.1 Å². The van der Waals surface area contributed by atoms with Gasteiger partial charge >= 0.3 is 6.36 Å². The molecule has 2 aromatic rings. The van der Waals surface area contributed by atoms with Crippen LogP contribution in [0.25, 0.3) is 0 Å². The number of para-hydroxylation sites is 1. The van der Waals surface area contributed by atoms with Crippen LogP contribution < -0.4 is 15.6 Å². The number of nitrogens with one attached hydrogen (secondary N) is 3. The van der Waals surface area contributed by atoms with Crippen molar-refractivity contribution < 1.29 is 17.9 Å². The molecule has 0 saturated carbocycles. The average molecular weight is 526 g/mol. The minimum Gasteiger partial charge on any atom is -0.405 e. The van der Waals surface area contributed by atoms with Crippen LogP contribution in [0.1, 0.15) is 76.6 Å². The lowest BCUT2D eigenvalue weighted by atomic mass is 9.98. The maximum absolute atomic E-state index is 13.0. The summed E-state index contributed by atoms with van der Waals surface area (Å²) in [6.45, 7) is 6.97. The Morgan fingerprint density at radius 3 is 2.78 bits per heavy atom. The second kappa shape index (κ2) is 12.6. The molecule has 0 aliphatic carbocycles. The monoisotopic (exact) mass is 525 g/mol. The van der Waals surface area contributed by atoms with Crippen molar-refractivity contribution in [2.45, 2.75) is 82.5 Å². The lowest BCUT2D eigenvalue weighted by Crippen LogP contribution is -2.33. The number of anilines is 1. The molecule has 0 radical (unpaired) electrons. The largest absolute Gasteiger partial charge is 0.573 e. The molecule has 3 rings (SSSR count). The van der Waals surface area contributed by atoms with Gasteiger partial charge in [0.15, 0.2) is 0 Å². The van der Waals surface area contributed by atoms with Crippen LogP contribution in [0.4, 0.5) is 19.0 Å². The topological polar surface area (TPSA) is 94.1 Å². The third-order valence-corrected chi connectivity index (χ3v) is 7.25. The van der Waals surface area contributed by atoms with Crippen molar-refractivity contribution in [3.63, 3.8) is 0 Å². The molecular formula is C25H34F3N5O2S. The fourth-order valence-electron chi connectivity index (χ4n) is 4.28. The Morgan fingerprint density at radius 2 is 2.11 bits per heavy atom. The standard InChI is InChI=1S/C25H34F3N5O2S/c1-4-6-11-18(5-2)30-23-21(16(3)29)24(34)32-22(31-23)17-10-9-14-33(15-17)36-20-13-8-7-12-19(20)35-25(26,27)28/h7-8,12-13,17-18,29H,4-6,9-11,14-15H2,1-3H3,(H2,30,31,32,34). The molecule has 1 aromatic heterocycles. The van der Waals surface area contributed by atoms with Crippen molar-refractivity contribution >= 4 is 23.5 Å². The van der Waals surface area contributed by atoms with Crippen LogP contribution in [-0.2, 0) is 0 Å². The van der Waals surface area contributed by atoms with E-state index in [0.29, 0.717) is 29.6 Å². The Bertz CT molecular complexity index is 1090. The van der Waals surface area contributed by atoms with Crippen molar-refractivity contribution in [1.82, 2.24) is 14.3 Å². The SMILES string of the molecule is CCCCC(CC)Nc1nc(C2CCCN(Sc3ccccc3OC(F)(F)F)C2)[nH]c(=O)c1C(C)=N. The van der Waals surface area contributed by atoms with E-state index >= 15 is 0 Å². The van der Waals surface area contributed by atoms with Gasteiger partial charge in [0, 0.05) is 30.8 Å². The molecular weight excluding hydrogens is 491 g/mol. The maximum atomic E-state index is 13.0. The van der Waals surface area contributed by atoms with Crippen LogP contribution in [-0.4, -0.2) is 45.5 Å². The molecule has 1 aromatic carbocycles. The third-order valence-electron chi connectivity index (χ3n) is 6.13. The number of aromatic amines is 1. The zero-order valence-corrected chi connectivity index (χ0v) is 21.7. The Hall–Kier alpha value is -2.53.